The molecule has 3 nitrogen and oxygen atoms in total. The van der Waals surface area contributed by atoms with Crippen molar-refractivity contribution in [1.29, 1.82) is 0 Å². The van der Waals surface area contributed by atoms with Crippen LogP contribution in [0.15, 0.2) is 33.6 Å². The maximum atomic E-state index is 11.3. The smallest absolute Gasteiger partial charge is 0.175 e. The van der Waals surface area contributed by atoms with E-state index in [0.717, 1.165) is 16.7 Å². The molecule has 0 aliphatic rings. The number of hydrogen-bond donors (Lipinski definition) is 0. The monoisotopic (exact) mass is 210 g/mol. The first-order valence-electron chi connectivity index (χ1n) is 4.17. The fourth-order valence-electron chi connectivity index (χ4n) is 1.38. The van der Waals surface area contributed by atoms with Crippen molar-refractivity contribution in [2.45, 2.75) is 11.8 Å². The molecule has 0 fully saturated rings. The van der Waals surface area contributed by atoms with Crippen molar-refractivity contribution in [3.63, 3.8) is 0 Å². The zero-order valence-corrected chi connectivity index (χ0v) is 8.76. The maximum Gasteiger partial charge on any atom is 0.175 e. The third-order valence-corrected chi connectivity index (χ3v) is 3.15. The van der Waals surface area contributed by atoms with Crippen molar-refractivity contribution in [3.8, 4) is 0 Å². The van der Waals surface area contributed by atoms with Gasteiger partial charge >= 0.3 is 0 Å². The Morgan fingerprint density at radius 1 is 1.21 bits per heavy atom. The highest BCUT2D eigenvalue weighted by molar-refractivity contribution is 7.90. The minimum absolute atomic E-state index is 0.325. The summed E-state index contributed by atoms with van der Waals surface area (Å²) in [5, 5.41) is 0.824. The number of furan rings is 1. The highest BCUT2D eigenvalue weighted by Gasteiger charge is 2.09. The maximum absolute atomic E-state index is 11.3. The minimum Gasteiger partial charge on any atom is -0.461 e. The molecule has 0 spiro atoms. The van der Waals surface area contributed by atoms with Crippen LogP contribution in [-0.4, -0.2) is 14.7 Å². The van der Waals surface area contributed by atoms with Gasteiger partial charge in [0, 0.05) is 11.6 Å². The summed E-state index contributed by atoms with van der Waals surface area (Å²) in [5.41, 5.74) is 0.718. The van der Waals surface area contributed by atoms with Gasteiger partial charge in [-0.3, -0.25) is 0 Å². The Hall–Kier alpha value is -1.29. The van der Waals surface area contributed by atoms with Crippen LogP contribution >= 0.6 is 0 Å². The number of fused-ring (bicyclic) bond motifs is 1. The fourth-order valence-corrected chi connectivity index (χ4v) is 2.04. The van der Waals surface area contributed by atoms with E-state index in [2.05, 4.69) is 0 Å². The fraction of sp³-hybridized carbons (Fsp3) is 0.200. The molecule has 0 N–H and O–H groups in total. The van der Waals surface area contributed by atoms with E-state index in [0.29, 0.717) is 4.90 Å². The summed E-state index contributed by atoms with van der Waals surface area (Å²) in [4.78, 5) is 0.325. The third-order valence-electron chi connectivity index (χ3n) is 2.04. The van der Waals surface area contributed by atoms with Crippen LogP contribution in [0.1, 0.15) is 5.76 Å². The molecule has 0 saturated carbocycles. The van der Waals surface area contributed by atoms with E-state index in [1.165, 1.54) is 6.26 Å². The second-order valence-corrected chi connectivity index (χ2v) is 5.34. The molecule has 0 saturated heterocycles. The standard InChI is InChI=1S/C10H10O3S/c1-7-5-8-6-9(14(2,11)12)3-4-10(8)13-7/h3-6H,1-2H3. The SMILES string of the molecule is Cc1cc2cc(S(C)(=O)=O)ccc2o1. The Balaban J connectivity index is 2.74. The Bertz CT molecular complexity index is 578. The summed E-state index contributed by atoms with van der Waals surface area (Å²) < 4.78 is 27.8. The second-order valence-electron chi connectivity index (χ2n) is 3.33. The zero-order valence-electron chi connectivity index (χ0n) is 7.94. The molecule has 0 aliphatic carbocycles. The lowest BCUT2D eigenvalue weighted by atomic mass is 10.2. The molecule has 4 heteroatoms. The van der Waals surface area contributed by atoms with Crippen LogP contribution in [-0.2, 0) is 9.84 Å². The number of sulfone groups is 1. The van der Waals surface area contributed by atoms with Crippen LogP contribution in [0.3, 0.4) is 0 Å². The van der Waals surface area contributed by atoms with Crippen LogP contribution in [0.5, 0.6) is 0 Å². The van der Waals surface area contributed by atoms with Gasteiger partial charge in [-0.15, -0.1) is 0 Å². The molecule has 0 radical (unpaired) electrons. The highest BCUT2D eigenvalue weighted by atomic mass is 32.2. The van der Waals surface area contributed by atoms with Crippen LogP contribution in [0.4, 0.5) is 0 Å². The van der Waals surface area contributed by atoms with Crippen LogP contribution in [0, 0.1) is 6.92 Å². The van der Waals surface area contributed by atoms with Gasteiger partial charge in [0.25, 0.3) is 0 Å². The van der Waals surface area contributed by atoms with E-state index < -0.39 is 9.84 Å². The summed E-state index contributed by atoms with van der Waals surface area (Å²) in [5.74, 6) is 0.783. The van der Waals surface area contributed by atoms with Crippen molar-refractivity contribution in [1.82, 2.24) is 0 Å². The molecule has 14 heavy (non-hydrogen) atoms. The van der Waals surface area contributed by atoms with Gasteiger partial charge in [-0.2, -0.15) is 0 Å². The van der Waals surface area contributed by atoms with E-state index >= 15 is 0 Å². The molecular weight excluding hydrogens is 200 g/mol. The van der Waals surface area contributed by atoms with Gasteiger partial charge in [-0.25, -0.2) is 8.42 Å². The number of benzene rings is 1. The quantitative estimate of drug-likeness (QED) is 0.724. The van der Waals surface area contributed by atoms with Gasteiger partial charge in [0.15, 0.2) is 9.84 Å². The predicted molar refractivity (Wildman–Crippen MR) is 54.1 cm³/mol. The topological polar surface area (TPSA) is 47.3 Å². The molecular formula is C10H10O3S. The Kier molecular flexibility index (Phi) is 1.89. The molecule has 0 unspecified atom stereocenters. The number of aryl methyl sites for hydroxylation is 1. The van der Waals surface area contributed by atoms with Crippen molar-refractivity contribution >= 4 is 20.8 Å². The van der Waals surface area contributed by atoms with Crippen molar-refractivity contribution in [2.24, 2.45) is 0 Å². The van der Waals surface area contributed by atoms with Crippen LogP contribution in [0.25, 0.3) is 11.0 Å². The van der Waals surface area contributed by atoms with E-state index in [1.54, 1.807) is 18.2 Å². The van der Waals surface area contributed by atoms with Crippen molar-refractivity contribution < 1.29 is 12.8 Å². The first kappa shape index (κ1) is 9.27. The average molecular weight is 210 g/mol. The second kappa shape index (κ2) is 2.85. The first-order valence-corrected chi connectivity index (χ1v) is 6.06. The molecule has 0 bridgehead atoms. The Morgan fingerprint density at radius 3 is 2.57 bits per heavy atom. The van der Waals surface area contributed by atoms with Gasteiger partial charge < -0.3 is 4.42 Å². The largest absolute Gasteiger partial charge is 0.461 e. The molecule has 0 amide bonds. The molecule has 1 aromatic carbocycles. The molecule has 1 heterocycles. The summed E-state index contributed by atoms with van der Waals surface area (Å²) in [6.07, 6.45) is 1.20. The molecule has 2 aromatic rings. The highest BCUT2D eigenvalue weighted by Crippen LogP contribution is 2.22. The minimum atomic E-state index is -3.13. The summed E-state index contributed by atoms with van der Waals surface area (Å²) >= 11 is 0. The zero-order chi connectivity index (χ0) is 10.3. The first-order chi connectivity index (χ1) is 6.47. The Labute approximate surface area is 82.3 Å². The van der Waals surface area contributed by atoms with E-state index in [4.69, 9.17) is 4.42 Å². The molecule has 74 valence electrons. The average Bonchev–Trinajstić information content (AvgIpc) is 2.41. The third kappa shape index (κ3) is 1.53. The van der Waals surface area contributed by atoms with Crippen LogP contribution < -0.4 is 0 Å². The summed E-state index contributed by atoms with van der Waals surface area (Å²) in [6, 6.07) is 6.69. The van der Waals surface area contributed by atoms with Gasteiger partial charge in [-0.1, -0.05) is 0 Å². The normalized spacial score (nSPS) is 12.1. The van der Waals surface area contributed by atoms with Gasteiger partial charge in [0.2, 0.25) is 0 Å². The number of rotatable bonds is 1. The van der Waals surface area contributed by atoms with Crippen molar-refractivity contribution in [3.05, 3.63) is 30.0 Å². The van der Waals surface area contributed by atoms with Gasteiger partial charge in [0.1, 0.15) is 11.3 Å². The van der Waals surface area contributed by atoms with Gasteiger partial charge in [0.05, 0.1) is 4.90 Å². The van der Waals surface area contributed by atoms with Gasteiger partial charge in [-0.05, 0) is 31.2 Å². The predicted octanol–water partition coefficient (Wildman–Crippen LogP) is 2.14. The molecule has 0 atom stereocenters. The lowest BCUT2D eigenvalue weighted by molar-refractivity contribution is 0.578. The lowest BCUT2D eigenvalue weighted by Gasteiger charge is -1.96. The molecule has 2 rings (SSSR count). The summed E-state index contributed by atoms with van der Waals surface area (Å²) in [6.45, 7) is 1.83. The Morgan fingerprint density at radius 2 is 1.93 bits per heavy atom. The van der Waals surface area contributed by atoms with E-state index in [9.17, 15) is 8.42 Å². The molecule has 0 aliphatic heterocycles. The summed E-state index contributed by atoms with van der Waals surface area (Å²) in [7, 11) is -3.13. The lowest BCUT2D eigenvalue weighted by Crippen LogP contribution is -1.95. The van der Waals surface area contributed by atoms with Crippen LogP contribution in [0.2, 0.25) is 0 Å². The van der Waals surface area contributed by atoms with E-state index in [1.807, 2.05) is 13.0 Å². The number of hydrogen-bond acceptors (Lipinski definition) is 3. The molecule has 1 aromatic heterocycles. The van der Waals surface area contributed by atoms with Crippen molar-refractivity contribution in [2.75, 3.05) is 6.26 Å². The van der Waals surface area contributed by atoms with E-state index in [-0.39, 0.29) is 0 Å².